The number of hydrogen-bond donors (Lipinski definition) is 1. The molecule has 4 nitrogen and oxygen atoms in total. The largest absolute Gasteiger partial charge is 0.380 e. The van der Waals surface area contributed by atoms with Crippen LogP contribution in [0.25, 0.3) is 0 Å². The molecule has 1 heterocycles. The van der Waals surface area contributed by atoms with E-state index in [1.54, 1.807) is 7.11 Å². The monoisotopic (exact) mass is 254 g/mol. The Bertz CT molecular complexity index is 288. The van der Waals surface area contributed by atoms with Gasteiger partial charge in [0.25, 0.3) is 0 Å². The summed E-state index contributed by atoms with van der Waals surface area (Å²) in [5.41, 5.74) is 0.0560. The zero-order valence-corrected chi connectivity index (χ0v) is 11.7. The zero-order chi connectivity index (χ0) is 13.0. The van der Waals surface area contributed by atoms with E-state index in [4.69, 9.17) is 4.74 Å². The highest BCUT2D eigenvalue weighted by Crippen LogP contribution is 2.31. The Morgan fingerprint density at radius 3 is 2.67 bits per heavy atom. The van der Waals surface area contributed by atoms with Gasteiger partial charge in [-0.2, -0.15) is 0 Å². The first-order valence-electron chi connectivity index (χ1n) is 7.18. The maximum absolute atomic E-state index is 12.4. The molecule has 1 amide bonds. The van der Waals surface area contributed by atoms with Crippen molar-refractivity contribution in [3.8, 4) is 0 Å². The Kier molecular flexibility index (Phi) is 4.62. The van der Waals surface area contributed by atoms with Crippen LogP contribution in [0.3, 0.4) is 0 Å². The van der Waals surface area contributed by atoms with Gasteiger partial charge >= 0.3 is 0 Å². The van der Waals surface area contributed by atoms with Crippen LogP contribution in [0.4, 0.5) is 0 Å². The Labute approximate surface area is 110 Å². The molecule has 1 N–H and O–H groups in total. The molecular weight excluding hydrogens is 228 g/mol. The van der Waals surface area contributed by atoms with E-state index in [2.05, 4.69) is 5.32 Å². The first-order valence-corrected chi connectivity index (χ1v) is 7.18. The van der Waals surface area contributed by atoms with Gasteiger partial charge in [0.15, 0.2) is 0 Å². The van der Waals surface area contributed by atoms with Crippen molar-refractivity contribution in [3.63, 3.8) is 0 Å². The fourth-order valence-corrected chi connectivity index (χ4v) is 3.29. The molecular formula is C14H26N2O2. The van der Waals surface area contributed by atoms with E-state index in [1.807, 2.05) is 11.9 Å². The van der Waals surface area contributed by atoms with E-state index in [9.17, 15) is 4.79 Å². The van der Waals surface area contributed by atoms with Gasteiger partial charge in [-0.3, -0.25) is 4.79 Å². The normalized spacial score (nSPS) is 27.4. The average Bonchev–Trinajstić information content (AvgIpc) is 2.88. The van der Waals surface area contributed by atoms with Crippen LogP contribution in [0.15, 0.2) is 0 Å². The first kappa shape index (κ1) is 13.8. The minimum absolute atomic E-state index is 0.0560. The standard InChI is InChI=1S/C14H26N2O2/c1-15-14(7-4-3-5-8-14)10-13(17)16-9-6-12(11-16)18-2/h12,15H,3-11H2,1-2H3. The third-order valence-electron chi connectivity index (χ3n) is 4.66. The molecule has 0 bridgehead atoms. The van der Waals surface area contributed by atoms with Crippen molar-refractivity contribution in [2.45, 2.75) is 56.6 Å². The van der Waals surface area contributed by atoms with E-state index >= 15 is 0 Å². The van der Waals surface area contributed by atoms with Gasteiger partial charge in [0.05, 0.1) is 6.10 Å². The summed E-state index contributed by atoms with van der Waals surface area (Å²) in [6.07, 6.45) is 7.95. The van der Waals surface area contributed by atoms with Crippen LogP contribution in [0.5, 0.6) is 0 Å². The van der Waals surface area contributed by atoms with Crippen LogP contribution in [0, 0.1) is 0 Å². The number of hydrogen-bond acceptors (Lipinski definition) is 3. The third kappa shape index (κ3) is 3.04. The highest BCUT2D eigenvalue weighted by Gasteiger charge is 2.35. The number of nitrogens with one attached hydrogen (secondary N) is 1. The summed E-state index contributed by atoms with van der Waals surface area (Å²) in [5.74, 6) is 0.297. The van der Waals surface area contributed by atoms with Gasteiger partial charge < -0.3 is 15.0 Å². The summed E-state index contributed by atoms with van der Waals surface area (Å²) in [6, 6.07) is 0. The van der Waals surface area contributed by atoms with Crippen LogP contribution in [0.1, 0.15) is 44.9 Å². The van der Waals surface area contributed by atoms with Crippen LogP contribution in [-0.2, 0) is 9.53 Å². The molecule has 2 fully saturated rings. The summed E-state index contributed by atoms with van der Waals surface area (Å²) in [4.78, 5) is 14.3. The maximum Gasteiger partial charge on any atom is 0.224 e. The molecule has 1 unspecified atom stereocenters. The van der Waals surface area contributed by atoms with Crippen molar-refractivity contribution in [3.05, 3.63) is 0 Å². The minimum atomic E-state index is 0.0560. The Morgan fingerprint density at radius 1 is 1.39 bits per heavy atom. The molecule has 1 aliphatic heterocycles. The lowest BCUT2D eigenvalue weighted by Gasteiger charge is -2.37. The van der Waals surface area contributed by atoms with Gasteiger partial charge in [-0.1, -0.05) is 19.3 Å². The average molecular weight is 254 g/mol. The second-order valence-electron chi connectivity index (χ2n) is 5.75. The molecule has 104 valence electrons. The van der Waals surface area contributed by atoms with Crippen LogP contribution in [-0.4, -0.2) is 49.7 Å². The van der Waals surface area contributed by atoms with Gasteiger partial charge in [0.1, 0.15) is 0 Å². The maximum atomic E-state index is 12.4. The van der Waals surface area contributed by atoms with Gasteiger partial charge in [0, 0.05) is 32.2 Å². The van der Waals surface area contributed by atoms with E-state index in [0.29, 0.717) is 12.3 Å². The molecule has 18 heavy (non-hydrogen) atoms. The van der Waals surface area contributed by atoms with Crippen molar-refractivity contribution in [2.24, 2.45) is 0 Å². The molecule has 0 aromatic heterocycles. The topological polar surface area (TPSA) is 41.6 Å². The van der Waals surface area contributed by atoms with Gasteiger partial charge in [0.2, 0.25) is 5.91 Å². The Morgan fingerprint density at radius 2 is 2.11 bits per heavy atom. The van der Waals surface area contributed by atoms with Crippen molar-refractivity contribution < 1.29 is 9.53 Å². The van der Waals surface area contributed by atoms with Crippen molar-refractivity contribution in [1.29, 1.82) is 0 Å². The number of methoxy groups -OCH3 is 1. The number of likely N-dealkylation sites (tertiary alicyclic amines) is 1. The van der Waals surface area contributed by atoms with E-state index < -0.39 is 0 Å². The number of carbonyl (C=O) groups excluding carboxylic acids is 1. The molecule has 1 saturated carbocycles. The summed E-state index contributed by atoms with van der Waals surface area (Å²) in [7, 11) is 3.73. The second-order valence-corrected chi connectivity index (χ2v) is 5.75. The quantitative estimate of drug-likeness (QED) is 0.827. The number of ether oxygens (including phenoxy) is 1. The van der Waals surface area contributed by atoms with Crippen molar-refractivity contribution in [2.75, 3.05) is 27.2 Å². The lowest BCUT2D eigenvalue weighted by molar-refractivity contribution is -0.132. The molecule has 0 aromatic carbocycles. The molecule has 2 aliphatic rings. The molecule has 0 aromatic rings. The SMILES string of the molecule is CNC1(CC(=O)N2CCC(OC)C2)CCCCC1. The van der Waals surface area contributed by atoms with Crippen LogP contribution in [0.2, 0.25) is 0 Å². The van der Waals surface area contributed by atoms with Crippen molar-refractivity contribution in [1.82, 2.24) is 10.2 Å². The van der Waals surface area contributed by atoms with E-state index in [1.165, 1.54) is 19.3 Å². The fraction of sp³-hybridized carbons (Fsp3) is 0.929. The van der Waals surface area contributed by atoms with Crippen LogP contribution < -0.4 is 5.32 Å². The molecule has 0 radical (unpaired) electrons. The summed E-state index contributed by atoms with van der Waals surface area (Å²) in [6.45, 7) is 1.63. The van der Waals surface area contributed by atoms with Crippen LogP contribution >= 0.6 is 0 Å². The number of carbonyl (C=O) groups is 1. The number of rotatable bonds is 4. The van der Waals surface area contributed by atoms with E-state index in [-0.39, 0.29) is 11.6 Å². The summed E-state index contributed by atoms with van der Waals surface area (Å²) >= 11 is 0. The molecule has 2 rings (SSSR count). The summed E-state index contributed by atoms with van der Waals surface area (Å²) < 4.78 is 5.32. The second kappa shape index (κ2) is 6.02. The lowest BCUT2D eigenvalue weighted by Crippen LogP contribution is -2.48. The van der Waals surface area contributed by atoms with Crippen molar-refractivity contribution >= 4 is 5.91 Å². The number of amides is 1. The lowest BCUT2D eigenvalue weighted by atomic mass is 9.79. The van der Waals surface area contributed by atoms with Gasteiger partial charge in [-0.15, -0.1) is 0 Å². The molecule has 0 spiro atoms. The zero-order valence-electron chi connectivity index (χ0n) is 11.7. The number of nitrogens with zero attached hydrogens (tertiary/aromatic N) is 1. The van der Waals surface area contributed by atoms with E-state index in [0.717, 1.165) is 32.4 Å². The highest BCUT2D eigenvalue weighted by molar-refractivity contribution is 5.77. The minimum Gasteiger partial charge on any atom is -0.380 e. The van der Waals surface area contributed by atoms with Gasteiger partial charge in [-0.25, -0.2) is 0 Å². The predicted molar refractivity (Wildman–Crippen MR) is 71.5 cm³/mol. The smallest absolute Gasteiger partial charge is 0.224 e. The first-order chi connectivity index (χ1) is 8.69. The molecule has 4 heteroatoms. The predicted octanol–water partition coefficient (Wildman–Crippen LogP) is 1.55. The molecule has 1 atom stereocenters. The Balaban J connectivity index is 1.89. The highest BCUT2D eigenvalue weighted by atomic mass is 16.5. The third-order valence-corrected chi connectivity index (χ3v) is 4.66. The van der Waals surface area contributed by atoms with Gasteiger partial charge in [-0.05, 0) is 26.3 Å². The summed E-state index contributed by atoms with van der Waals surface area (Å²) in [5, 5.41) is 3.42. The fourth-order valence-electron chi connectivity index (χ4n) is 3.29. The Hall–Kier alpha value is -0.610. The molecule has 1 saturated heterocycles. The molecule has 1 aliphatic carbocycles.